The summed E-state index contributed by atoms with van der Waals surface area (Å²) in [6, 6.07) is 12.0. The van der Waals surface area contributed by atoms with Gasteiger partial charge in [-0.2, -0.15) is 0 Å². The predicted molar refractivity (Wildman–Crippen MR) is 94.1 cm³/mol. The van der Waals surface area contributed by atoms with E-state index in [-0.39, 0.29) is 12.3 Å². The molecule has 6 nitrogen and oxygen atoms in total. The standard InChI is InChI=1S/C19H19FN2O4/c1-2-21-19(25)14-6-4-8-16(11-14)22-17(23)12-26-18(24)10-13-5-3-7-15(20)9-13/h3-9,11H,2,10,12H2,1H3,(H,21,25)(H,22,23). The van der Waals surface area contributed by atoms with E-state index in [1.807, 2.05) is 6.92 Å². The number of rotatable bonds is 7. The van der Waals surface area contributed by atoms with Gasteiger partial charge >= 0.3 is 5.97 Å². The molecule has 0 radical (unpaired) electrons. The number of carbonyl (C=O) groups excluding carboxylic acids is 3. The molecule has 0 heterocycles. The summed E-state index contributed by atoms with van der Waals surface area (Å²) in [6.07, 6.45) is -0.127. The van der Waals surface area contributed by atoms with Gasteiger partial charge < -0.3 is 15.4 Å². The Morgan fingerprint density at radius 3 is 2.58 bits per heavy atom. The highest BCUT2D eigenvalue weighted by atomic mass is 19.1. The van der Waals surface area contributed by atoms with E-state index in [1.165, 1.54) is 24.3 Å². The lowest BCUT2D eigenvalue weighted by molar-refractivity contribution is -0.146. The van der Waals surface area contributed by atoms with Crippen LogP contribution in [-0.2, 0) is 20.7 Å². The number of anilines is 1. The van der Waals surface area contributed by atoms with Crippen LogP contribution in [0.3, 0.4) is 0 Å². The first-order chi connectivity index (χ1) is 12.5. The monoisotopic (exact) mass is 358 g/mol. The summed E-state index contributed by atoms with van der Waals surface area (Å²) in [5.74, 6) is -1.86. The second kappa shape index (κ2) is 9.31. The second-order valence-corrected chi connectivity index (χ2v) is 5.46. The fourth-order valence-corrected chi connectivity index (χ4v) is 2.21. The quantitative estimate of drug-likeness (QED) is 0.744. The van der Waals surface area contributed by atoms with Gasteiger partial charge in [0.2, 0.25) is 0 Å². The molecule has 0 unspecified atom stereocenters. The number of amides is 2. The summed E-state index contributed by atoms with van der Waals surface area (Å²) in [4.78, 5) is 35.4. The Hall–Kier alpha value is -3.22. The minimum atomic E-state index is -0.637. The van der Waals surface area contributed by atoms with Gasteiger partial charge in [-0.3, -0.25) is 14.4 Å². The molecule has 2 aromatic carbocycles. The molecule has 2 rings (SSSR count). The second-order valence-electron chi connectivity index (χ2n) is 5.46. The van der Waals surface area contributed by atoms with E-state index in [9.17, 15) is 18.8 Å². The van der Waals surface area contributed by atoms with Crippen molar-refractivity contribution >= 4 is 23.5 Å². The minimum absolute atomic E-state index is 0.127. The first-order valence-corrected chi connectivity index (χ1v) is 8.06. The third kappa shape index (κ3) is 6.01. The van der Waals surface area contributed by atoms with Crippen molar-refractivity contribution in [3.63, 3.8) is 0 Å². The van der Waals surface area contributed by atoms with Crippen molar-refractivity contribution in [1.29, 1.82) is 0 Å². The maximum absolute atomic E-state index is 13.1. The van der Waals surface area contributed by atoms with E-state index in [2.05, 4.69) is 10.6 Å². The molecule has 0 saturated carbocycles. The Labute approximate surface area is 150 Å². The van der Waals surface area contributed by atoms with Crippen LogP contribution in [0.15, 0.2) is 48.5 Å². The van der Waals surface area contributed by atoms with Gasteiger partial charge in [-0.25, -0.2) is 4.39 Å². The van der Waals surface area contributed by atoms with E-state index in [4.69, 9.17) is 4.74 Å². The molecule has 0 atom stereocenters. The lowest BCUT2D eigenvalue weighted by atomic mass is 10.1. The Morgan fingerprint density at radius 1 is 1.08 bits per heavy atom. The van der Waals surface area contributed by atoms with Crippen LogP contribution in [0, 0.1) is 5.82 Å². The number of esters is 1. The lowest BCUT2D eigenvalue weighted by Gasteiger charge is -2.08. The zero-order valence-electron chi connectivity index (χ0n) is 14.3. The van der Waals surface area contributed by atoms with Gasteiger partial charge in [0, 0.05) is 17.8 Å². The Balaban J connectivity index is 1.84. The van der Waals surface area contributed by atoms with E-state index in [1.54, 1.807) is 24.3 Å². The largest absolute Gasteiger partial charge is 0.455 e. The van der Waals surface area contributed by atoms with Crippen LogP contribution < -0.4 is 10.6 Å². The molecule has 0 aromatic heterocycles. The molecule has 0 spiro atoms. The topological polar surface area (TPSA) is 84.5 Å². The van der Waals surface area contributed by atoms with Gasteiger partial charge in [0.05, 0.1) is 6.42 Å². The van der Waals surface area contributed by atoms with Crippen molar-refractivity contribution in [2.45, 2.75) is 13.3 Å². The fourth-order valence-electron chi connectivity index (χ4n) is 2.21. The molecule has 0 aliphatic rings. The number of carbonyl (C=O) groups is 3. The Bertz CT molecular complexity index is 808. The van der Waals surface area contributed by atoms with Gasteiger partial charge in [0.1, 0.15) is 5.82 Å². The lowest BCUT2D eigenvalue weighted by Crippen LogP contribution is -2.24. The first kappa shape index (κ1) is 19.1. The summed E-state index contributed by atoms with van der Waals surface area (Å²) < 4.78 is 18.0. The zero-order valence-corrected chi connectivity index (χ0v) is 14.3. The molecule has 0 aliphatic heterocycles. The molecule has 136 valence electrons. The molecular formula is C19H19FN2O4. The third-order valence-corrected chi connectivity index (χ3v) is 3.35. The summed E-state index contributed by atoms with van der Waals surface area (Å²) >= 11 is 0. The van der Waals surface area contributed by atoms with Crippen LogP contribution in [0.1, 0.15) is 22.8 Å². The summed E-state index contributed by atoms with van der Waals surface area (Å²) in [5.41, 5.74) is 1.29. The number of hydrogen-bond acceptors (Lipinski definition) is 4. The van der Waals surface area contributed by atoms with Crippen molar-refractivity contribution in [2.75, 3.05) is 18.5 Å². The third-order valence-electron chi connectivity index (χ3n) is 3.35. The Kier molecular flexibility index (Phi) is 6.84. The predicted octanol–water partition coefficient (Wildman–Crippen LogP) is 2.30. The van der Waals surface area contributed by atoms with Crippen LogP contribution in [0.2, 0.25) is 0 Å². The highest BCUT2D eigenvalue weighted by molar-refractivity contribution is 5.97. The SMILES string of the molecule is CCNC(=O)c1cccc(NC(=O)COC(=O)Cc2cccc(F)c2)c1. The molecule has 26 heavy (non-hydrogen) atoms. The van der Waals surface area contributed by atoms with Crippen LogP contribution in [0.4, 0.5) is 10.1 Å². The average Bonchev–Trinajstić information content (AvgIpc) is 2.60. The van der Waals surface area contributed by atoms with Gasteiger partial charge in [-0.15, -0.1) is 0 Å². The maximum atomic E-state index is 13.1. The average molecular weight is 358 g/mol. The summed E-state index contributed by atoms with van der Waals surface area (Å²) in [5, 5.41) is 5.21. The minimum Gasteiger partial charge on any atom is -0.455 e. The maximum Gasteiger partial charge on any atom is 0.310 e. The van der Waals surface area contributed by atoms with E-state index < -0.39 is 24.3 Å². The van der Waals surface area contributed by atoms with Crippen LogP contribution in [-0.4, -0.2) is 30.9 Å². The number of nitrogens with one attached hydrogen (secondary N) is 2. The van der Waals surface area contributed by atoms with Crippen molar-refractivity contribution in [2.24, 2.45) is 0 Å². The van der Waals surface area contributed by atoms with E-state index >= 15 is 0 Å². The molecule has 2 amide bonds. The fraction of sp³-hybridized carbons (Fsp3) is 0.211. The number of ether oxygens (including phenoxy) is 1. The van der Waals surface area contributed by atoms with Crippen LogP contribution in [0.25, 0.3) is 0 Å². The van der Waals surface area contributed by atoms with Gasteiger partial charge in [-0.05, 0) is 42.8 Å². The Morgan fingerprint density at radius 2 is 1.85 bits per heavy atom. The molecule has 0 bridgehead atoms. The zero-order chi connectivity index (χ0) is 18.9. The van der Waals surface area contributed by atoms with E-state index in [0.717, 1.165) is 0 Å². The van der Waals surface area contributed by atoms with Gasteiger partial charge in [-0.1, -0.05) is 18.2 Å². The number of hydrogen-bond donors (Lipinski definition) is 2. The molecular weight excluding hydrogens is 339 g/mol. The normalized spacial score (nSPS) is 10.1. The van der Waals surface area contributed by atoms with Crippen molar-refractivity contribution in [1.82, 2.24) is 5.32 Å². The van der Waals surface area contributed by atoms with Crippen molar-refractivity contribution < 1.29 is 23.5 Å². The molecule has 2 aromatic rings. The van der Waals surface area contributed by atoms with Crippen molar-refractivity contribution in [3.05, 3.63) is 65.5 Å². The number of benzene rings is 2. The van der Waals surface area contributed by atoms with E-state index in [0.29, 0.717) is 23.4 Å². The van der Waals surface area contributed by atoms with Crippen molar-refractivity contribution in [3.8, 4) is 0 Å². The molecule has 2 N–H and O–H groups in total. The summed E-state index contributed by atoms with van der Waals surface area (Å²) in [6.45, 7) is 1.83. The van der Waals surface area contributed by atoms with Crippen LogP contribution in [0.5, 0.6) is 0 Å². The first-order valence-electron chi connectivity index (χ1n) is 8.06. The molecule has 7 heteroatoms. The smallest absolute Gasteiger partial charge is 0.310 e. The molecule has 0 saturated heterocycles. The summed E-state index contributed by atoms with van der Waals surface area (Å²) in [7, 11) is 0. The highest BCUT2D eigenvalue weighted by Gasteiger charge is 2.11. The molecule has 0 fully saturated rings. The van der Waals surface area contributed by atoms with Crippen LogP contribution >= 0.6 is 0 Å². The number of halogens is 1. The van der Waals surface area contributed by atoms with Gasteiger partial charge in [0.15, 0.2) is 6.61 Å². The highest BCUT2D eigenvalue weighted by Crippen LogP contribution is 2.11. The molecule has 0 aliphatic carbocycles. The van der Waals surface area contributed by atoms with Gasteiger partial charge in [0.25, 0.3) is 11.8 Å².